The van der Waals surface area contributed by atoms with Crippen LogP contribution in [0.5, 0.6) is 0 Å². The first-order valence-corrected chi connectivity index (χ1v) is 12.7. The van der Waals surface area contributed by atoms with Crippen molar-refractivity contribution in [1.82, 2.24) is 19.4 Å². The number of nitrogens with zero attached hydrogens (tertiary/aromatic N) is 4. The molecule has 0 fully saturated rings. The quantitative estimate of drug-likeness (QED) is 0.236. The molecule has 0 atom stereocenters. The van der Waals surface area contributed by atoms with E-state index in [1.807, 2.05) is 12.3 Å². The van der Waals surface area contributed by atoms with Gasteiger partial charge in [-0.25, -0.2) is 9.97 Å². The van der Waals surface area contributed by atoms with Crippen LogP contribution in [0.3, 0.4) is 0 Å². The zero-order chi connectivity index (χ0) is 23.6. The van der Waals surface area contributed by atoms with Gasteiger partial charge in [0.15, 0.2) is 0 Å². The van der Waals surface area contributed by atoms with Gasteiger partial charge in [-0.2, -0.15) is 0 Å². The van der Waals surface area contributed by atoms with E-state index in [1.54, 1.807) is 11.3 Å². The second-order valence-electron chi connectivity index (χ2n) is 9.00. The monoisotopic (exact) mass is 478 g/mol. The van der Waals surface area contributed by atoms with Crippen molar-refractivity contribution in [2.24, 2.45) is 0 Å². The number of hydrogen-bond donors (Lipinski definition) is 0. The summed E-state index contributed by atoms with van der Waals surface area (Å²) in [6, 6.07) is 33.8. The summed E-state index contributed by atoms with van der Waals surface area (Å²) in [5, 5.41) is 3.42. The predicted octanol–water partition coefficient (Wildman–Crippen LogP) is 8.13. The molecule has 8 aromatic rings. The lowest BCUT2D eigenvalue weighted by Crippen LogP contribution is -1.89. The van der Waals surface area contributed by atoms with Crippen molar-refractivity contribution in [3.8, 4) is 22.4 Å². The molecule has 0 spiro atoms. The van der Waals surface area contributed by atoms with Crippen molar-refractivity contribution in [3.63, 3.8) is 0 Å². The molecule has 0 aliphatic rings. The summed E-state index contributed by atoms with van der Waals surface area (Å²) >= 11 is 1.79. The maximum Gasteiger partial charge on any atom is 0.138 e. The summed E-state index contributed by atoms with van der Waals surface area (Å²) in [5.41, 5.74) is 8.29. The lowest BCUT2D eigenvalue weighted by atomic mass is 10.0. The highest BCUT2D eigenvalue weighted by Crippen LogP contribution is 2.35. The molecule has 0 amide bonds. The molecule has 168 valence electrons. The van der Waals surface area contributed by atoms with Gasteiger partial charge in [-0.05, 0) is 41.5 Å². The van der Waals surface area contributed by atoms with Crippen molar-refractivity contribution in [2.75, 3.05) is 0 Å². The first kappa shape index (κ1) is 19.7. The minimum absolute atomic E-state index is 0.938. The molecular formula is C31H18N4S. The minimum atomic E-state index is 0.938. The summed E-state index contributed by atoms with van der Waals surface area (Å²) in [6.45, 7) is 0. The van der Waals surface area contributed by atoms with Crippen LogP contribution >= 0.6 is 11.3 Å². The Morgan fingerprint density at radius 2 is 1.36 bits per heavy atom. The van der Waals surface area contributed by atoms with Crippen molar-refractivity contribution < 1.29 is 0 Å². The van der Waals surface area contributed by atoms with Crippen molar-refractivity contribution in [2.45, 2.75) is 0 Å². The number of pyridine rings is 3. The van der Waals surface area contributed by atoms with Gasteiger partial charge in [0.05, 0.1) is 16.7 Å². The molecule has 0 bridgehead atoms. The van der Waals surface area contributed by atoms with E-state index < -0.39 is 0 Å². The van der Waals surface area contributed by atoms with Crippen LogP contribution in [0.25, 0.3) is 70.3 Å². The van der Waals surface area contributed by atoms with Crippen LogP contribution in [-0.4, -0.2) is 19.4 Å². The summed E-state index contributed by atoms with van der Waals surface area (Å²) in [7, 11) is 0. The highest BCUT2D eigenvalue weighted by atomic mass is 32.1. The van der Waals surface area contributed by atoms with Crippen LogP contribution in [0, 0.1) is 0 Å². The summed E-state index contributed by atoms with van der Waals surface area (Å²) in [5.74, 6) is 0. The summed E-state index contributed by atoms with van der Waals surface area (Å²) < 4.78 is 3.48. The Kier molecular flexibility index (Phi) is 4.07. The number of benzene rings is 3. The van der Waals surface area contributed by atoms with Gasteiger partial charge in [0.25, 0.3) is 0 Å². The number of thiophene rings is 1. The van der Waals surface area contributed by atoms with Crippen LogP contribution < -0.4 is 0 Å². The molecule has 0 aliphatic heterocycles. The Labute approximate surface area is 210 Å². The van der Waals surface area contributed by atoms with Gasteiger partial charge in [0.1, 0.15) is 16.0 Å². The predicted molar refractivity (Wildman–Crippen MR) is 150 cm³/mol. The molecule has 5 heteroatoms. The van der Waals surface area contributed by atoms with E-state index in [-0.39, 0.29) is 0 Å². The largest absolute Gasteiger partial charge is 0.290 e. The molecule has 0 saturated carbocycles. The van der Waals surface area contributed by atoms with E-state index in [4.69, 9.17) is 9.97 Å². The molecule has 36 heavy (non-hydrogen) atoms. The maximum atomic E-state index is 4.99. The van der Waals surface area contributed by atoms with Crippen molar-refractivity contribution in [3.05, 3.63) is 109 Å². The Hall–Kier alpha value is -4.61. The van der Waals surface area contributed by atoms with Gasteiger partial charge in [0, 0.05) is 38.8 Å². The third kappa shape index (κ3) is 2.90. The number of rotatable bonds is 2. The van der Waals surface area contributed by atoms with Gasteiger partial charge in [-0.1, -0.05) is 66.7 Å². The van der Waals surface area contributed by atoms with Gasteiger partial charge in [-0.3, -0.25) is 9.38 Å². The Morgan fingerprint density at radius 3 is 2.28 bits per heavy atom. The molecule has 4 nitrogen and oxygen atoms in total. The minimum Gasteiger partial charge on any atom is -0.290 e. The average molecular weight is 479 g/mol. The van der Waals surface area contributed by atoms with E-state index in [9.17, 15) is 0 Å². The van der Waals surface area contributed by atoms with Crippen LogP contribution in [0.4, 0.5) is 0 Å². The summed E-state index contributed by atoms with van der Waals surface area (Å²) in [6.07, 6.45) is 4.02. The number of aromatic nitrogens is 4. The third-order valence-corrected chi connectivity index (χ3v) is 8.03. The molecule has 0 radical (unpaired) electrons. The second-order valence-corrected chi connectivity index (χ2v) is 10.0. The molecule has 0 N–H and O–H groups in total. The molecule has 5 aromatic heterocycles. The zero-order valence-corrected chi connectivity index (χ0v) is 19.9. The van der Waals surface area contributed by atoms with Gasteiger partial charge < -0.3 is 0 Å². The zero-order valence-electron chi connectivity index (χ0n) is 19.1. The SMILES string of the molecule is c1cnc2c(c1)ccc1ccc(-c3ccc(-c4ccc5nc6c7ccccc7sc6n5c4)cc3)nc12. The smallest absolute Gasteiger partial charge is 0.138 e. The highest BCUT2D eigenvalue weighted by Gasteiger charge is 2.13. The fourth-order valence-corrected chi connectivity index (χ4v) is 6.17. The number of hydrogen-bond acceptors (Lipinski definition) is 4. The Morgan fingerprint density at radius 1 is 0.583 bits per heavy atom. The van der Waals surface area contributed by atoms with Crippen LogP contribution in [0.1, 0.15) is 0 Å². The van der Waals surface area contributed by atoms with Gasteiger partial charge in [-0.15, -0.1) is 11.3 Å². The van der Waals surface area contributed by atoms with Crippen LogP contribution in [0.15, 0.2) is 109 Å². The molecule has 0 saturated heterocycles. The molecule has 5 heterocycles. The number of fused-ring (bicyclic) bond motifs is 8. The second kappa shape index (κ2) is 7.44. The molecule has 0 aliphatic carbocycles. The van der Waals surface area contributed by atoms with Crippen molar-refractivity contribution >= 4 is 59.2 Å². The van der Waals surface area contributed by atoms with E-state index in [0.717, 1.165) is 55.4 Å². The third-order valence-electron chi connectivity index (χ3n) is 6.87. The highest BCUT2D eigenvalue weighted by molar-refractivity contribution is 7.25. The van der Waals surface area contributed by atoms with E-state index in [1.165, 1.54) is 14.9 Å². The molecular weight excluding hydrogens is 460 g/mol. The van der Waals surface area contributed by atoms with E-state index in [2.05, 4.69) is 107 Å². The average Bonchev–Trinajstić information content (AvgIpc) is 3.49. The topological polar surface area (TPSA) is 43.1 Å². The molecule has 8 rings (SSSR count). The number of imidazole rings is 1. The Balaban J connectivity index is 1.21. The first-order chi connectivity index (χ1) is 17.8. The van der Waals surface area contributed by atoms with Gasteiger partial charge in [0.2, 0.25) is 0 Å². The van der Waals surface area contributed by atoms with Crippen molar-refractivity contribution in [1.29, 1.82) is 0 Å². The standard InChI is InChI=1S/C31H18N4S/c1-2-6-26-24(5-1)30-31(36-26)35-18-23(14-16-27(35)34-30)19-7-9-20(10-8-19)25-15-13-22-12-11-21-4-3-17-32-28(21)29(22)33-25/h1-18H. The summed E-state index contributed by atoms with van der Waals surface area (Å²) in [4.78, 5) is 15.7. The lowest BCUT2D eigenvalue weighted by molar-refractivity contribution is 1.24. The normalized spacial score (nSPS) is 11.9. The fourth-order valence-electron chi connectivity index (χ4n) is 5.04. The van der Waals surface area contributed by atoms with E-state index >= 15 is 0 Å². The van der Waals surface area contributed by atoms with E-state index in [0.29, 0.717) is 0 Å². The maximum absolute atomic E-state index is 4.99. The fraction of sp³-hybridized carbons (Fsp3) is 0. The molecule has 3 aromatic carbocycles. The molecule has 0 unspecified atom stereocenters. The lowest BCUT2D eigenvalue weighted by Gasteiger charge is -2.08. The van der Waals surface area contributed by atoms with Crippen LogP contribution in [0.2, 0.25) is 0 Å². The van der Waals surface area contributed by atoms with Crippen LogP contribution in [-0.2, 0) is 0 Å². The first-order valence-electron chi connectivity index (χ1n) is 11.9. The van der Waals surface area contributed by atoms with Gasteiger partial charge >= 0.3 is 0 Å². The Bertz CT molecular complexity index is 2100.